The van der Waals surface area contributed by atoms with Crippen molar-refractivity contribution in [1.29, 1.82) is 0 Å². The molecule has 1 rings (SSSR count). The first-order valence-corrected chi connectivity index (χ1v) is 3.97. The molecule has 0 radical (unpaired) electrons. The van der Waals surface area contributed by atoms with Crippen LogP contribution >= 0.6 is 27.5 Å². The summed E-state index contributed by atoms with van der Waals surface area (Å²) in [7, 11) is 0. The summed E-state index contributed by atoms with van der Waals surface area (Å²) in [6.07, 6.45) is 0. The average molecular weight is 235 g/mol. The molecule has 0 heterocycles. The van der Waals surface area contributed by atoms with Crippen molar-refractivity contribution < 1.29 is 9.90 Å². The molecule has 0 aromatic heterocycles. The number of aromatic hydroxyl groups is 1. The van der Waals surface area contributed by atoms with Crippen LogP contribution in [0.3, 0.4) is 0 Å². The number of hydrogen-bond acceptors (Lipinski definition) is 2. The Kier molecular flexibility index (Phi) is 2.52. The summed E-state index contributed by atoms with van der Waals surface area (Å²) in [5.74, 6) is -0.118. The van der Waals surface area contributed by atoms with E-state index in [9.17, 15) is 9.90 Å². The standard InChI is InChI=1S/C7H4BrClO2/c8-5-3-1-2-4(6(5)10)7(9)11/h1-3,10H. The lowest BCUT2D eigenvalue weighted by Crippen LogP contribution is -1.88. The van der Waals surface area contributed by atoms with Gasteiger partial charge in [0.2, 0.25) is 0 Å². The third-order valence-corrected chi connectivity index (χ3v) is 2.04. The number of phenolic OH excluding ortho intramolecular Hbond substituents is 1. The SMILES string of the molecule is O=C(Cl)c1cccc(Br)c1O. The minimum atomic E-state index is -0.663. The Hall–Kier alpha value is -0.540. The van der Waals surface area contributed by atoms with Gasteiger partial charge in [-0.2, -0.15) is 0 Å². The highest BCUT2D eigenvalue weighted by Gasteiger charge is 2.09. The molecule has 2 nitrogen and oxygen atoms in total. The molecule has 0 unspecified atom stereocenters. The summed E-state index contributed by atoms with van der Waals surface area (Å²) in [5, 5.41) is 8.55. The van der Waals surface area contributed by atoms with Crippen LogP contribution in [0.1, 0.15) is 10.4 Å². The van der Waals surface area contributed by atoms with Gasteiger partial charge in [-0.15, -0.1) is 0 Å². The maximum absolute atomic E-state index is 10.6. The fourth-order valence-electron chi connectivity index (χ4n) is 0.674. The van der Waals surface area contributed by atoms with Gasteiger partial charge in [-0.25, -0.2) is 0 Å². The molecule has 58 valence electrons. The molecule has 0 atom stereocenters. The lowest BCUT2D eigenvalue weighted by molar-refractivity contribution is 0.107. The fourth-order valence-corrected chi connectivity index (χ4v) is 1.19. The lowest BCUT2D eigenvalue weighted by Gasteiger charge is -1.99. The highest BCUT2D eigenvalue weighted by Crippen LogP contribution is 2.28. The molecular formula is C7H4BrClO2. The van der Waals surface area contributed by atoms with Crippen molar-refractivity contribution in [2.75, 3.05) is 0 Å². The van der Waals surface area contributed by atoms with Gasteiger partial charge in [-0.3, -0.25) is 4.79 Å². The third-order valence-electron chi connectivity index (χ3n) is 1.20. The van der Waals surface area contributed by atoms with E-state index in [4.69, 9.17) is 11.6 Å². The van der Waals surface area contributed by atoms with Gasteiger partial charge < -0.3 is 5.11 Å². The van der Waals surface area contributed by atoms with E-state index in [0.29, 0.717) is 4.47 Å². The predicted molar refractivity (Wildman–Crippen MR) is 46.0 cm³/mol. The maximum Gasteiger partial charge on any atom is 0.256 e. The molecule has 0 aliphatic carbocycles. The Bertz CT molecular complexity index is 298. The van der Waals surface area contributed by atoms with Crippen LogP contribution in [-0.4, -0.2) is 10.3 Å². The van der Waals surface area contributed by atoms with Crippen LogP contribution in [0.2, 0.25) is 0 Å². The molecule has 0 fully saturated rings. The molecule has 0 amide bonds. The number of benzene rings is 1. The number of carbonyl (C=O) groups is 1. The molecule has 1 N–H and O–H groups in total. The predicted octanol–water partition coefficient (Wildman–Crippen LogP) is 2.53. The van der Waals surface area contributed by atoms with Crippen LogP contribution in [0, 0.1) is 0 Å². The molecule has 0 saturated carbocycles. The molecule has 11 heavy (non-hydrogen) atoms. The van der Waals surface area contributed by atoms with Crippen molar-refractivity contribution in [2.24, 2.45) is 0 Å². The summed E-state index contributed by atoms with van der Waals surface area (Å²) in [6.45, 7) is 0. The molecule has 1 aromatic rings. The van der Waals surface area contributed by atoms with Crippen LogP contribution < -0.4 is 0 Å². The smallest absolute Gasteiger partial charge is 0.256 e. The van der Waals surface area contributed by atoms with Crippen molar-refractivity contribution in [2.45, 2.75) is 0 Å². The summed E-state index contributed by atoms with van der Waals surface area (Å²) >= 11 is 8.21. The number of phenols is 1. The first-order valence-electron chi connectivity index (χ1n) is 2.80. The molecule has 1 aromatic carbocycles. The van der Waals surface area contributed by atoms with Crippen molar-refractivity contribution in [3.05, 3.63) is 28.2 Å². The summed E-state index contributed by atoms with van der Waals surface area (Å²) in [5.41, 5.74) is 0.112. The Morgan fingerprint density at radius 2 is 2.18 bits per heavy atom. The van der Waals surface area contributed by atoms with E-state index < -0.39 is 5.24 Å². The van der Waals surface area contributed by atoms with E-state index in [1.54, 1.807) is 12.1 Å². The van der Waals surface area contributed by atoms with Crippen LogP contribution in [0.15, 0.2) is 22.7 Å². The van der Waals surface area contributed by atoms with Gasteiger partial charge in [-0.05, 0) is 39.7 Å². The zero-order valence-electron chi connectivity index (χ0n) is 5.34. The van der Waals surface area contributed by atoms with E-state index in [-0.39, 0.29) is 11.3 Å². The van der Waals surface area contributed by atoms with Gasteiger partial charge in [0.05, 0.1) is 10.0 Å². The highest BCUT2D eigenvalue weighted by atomic mass is 79.9. The number of carbonyl (C=O) groups excluding carboxylic acids is 1. The first-order chi connectivity index (χ1) is 5.13. The number of hydrogen-bond donors (Lipinski definition) is 1. The van der Waals surface area contributed by atoms with E-state index in [1.165, 1.54) is 6.07 Å². The lowest BCUT2D eigenvalue weighted by atomic mass is 10.2. The van der Waals surface area contributed by atoms with E-state index in [1.807, 2.05) is 0 Å². The number of rotatable bonds is 1. The molecule has 4 heteroatoms. The van der Waals surface area contributed by atoms with Crippen molar-refractivity contribution in [3.63, 3.8) is 0 Å². The molecule has 0 saturated heterocycles. The Morgan fingerprint density at radius 1 is 1.55 bits per heavy atom. The van der Waals surface area contributed by atoms with Crippen molar-refractivity contribution in [3.8, 4) is 5.75 Å². The van der Waals surface area contributed by atoms with Crippen molar-refractivity contribution in [1.82, 2.24) is 0 Å². The van der Waals surface area contributed by atoms with Gasteiger partial charge >= 0.3 is 0 Å². The fraction of sp³-hybridized carbons (Fsp3) is 0. The van der Waals surface area contributed by atoms with Gasteiger partial charge in [0.25, 0.3) is 5.24 Å². The zero-order chi connectivity index (χ0) is 8.43. The van der Waals surface area contributed by atoms with Gasteiger partial charge in [0.15, 0.2) is 0 Å². The topological polar surface area (TPSA) is 37.3 Å². The maximum atomic E-state index is 10.6. The molecule has 0 aliphatic heterocycles. The average Bonchev–Trinajstić information content (AvgIpc) is 1.94. The van der Waals surface area contributed by atoms with Crippen molar-refractivity contribution >= 4 is 32.8 Å². The Morgan fingerprint density at radius 3 is 2.64 bits per heavy atom. The Labute approximate surface area is 76.9 Å². The summed E-state index contributed by atoms with van der Waals surface area (Å²) < 4.78 is 0.462. The Balaban J connectivity index is 3.27. The number of halogens is 2. The molecular weight excluding hydrogens is 231 g/mol. The second kappa shape index (κ2) is 3.24. The van der Waals surface area contributed by atoms with Crippen LogP contribution in [-0.2, 0) is 0 Å². The van der Waals surface area contributed by atoms with E-state index in [0.717, 1.165) is 0 Å². The second-order valence-electron chi connectivity index (χ2n) is 1.91. The van der Waals surface area contributed by atoms with E-state index >= 15 is 0 Å². The molecule has 0 aliphatic rings. The van der Waals surface area contributed by atoms with Crippen LogP contribution in [0.25, 0.3) is 0 Å². The third kappa shape index (κ3) is 1.73. The van der Waals surface area contributed by atoms with Crippen LogP contribution in [0.4, 0.5) is 0 Å². The minimum absolute atomic E-state index is 0.112. The monoisotopic (exact) mass is 234 g/mol. The molecule has 0 bridgehead atoms. The highest BCUT2D eigenvalue weighted by molar-refractivity contribution is 9.10. The summed E-state index contributed by atoms with van der Waals surface area (Å²) in [4.78, 5) is 10.6. The van der Waals surface area contributed by atoms with Gasteiger partial charge in [-0.1, -0.05) is 6.07 Å². The minimum Gasteiger partial charge on any atom is -0.506 e. The van der Waals surface area contributed by atoms with Gasteiger partial charge in [0.1, 0.15) is 5.75 Å². The number of para-hydroxylation sites is 1. The van der Waals surface area contributed by atoms with Crippen LogP contribution in [0.5, 0.6) is 5.75 Å². The summed E-state index contributed by atoms with van der Waals surface area (Å²) in [6, 6.07) is 4.70. The van der Waals surface area contributed by atoms with E-state index in [2.05, 4.69) is 15.9 Å². The van der Waals surface area contributed by atoms with Gasteiger partial charge in [0, 0.05) is 0 Å². The molecule has 0 spiro atoms. The quantitative estimate of drug-likeness (QED) is 0.760. The zero-order valence-corrected chi connectivity index (χ0v) is 7.69. The first kappa shape index (κ1) is 8.56. The normalized spacial score (nSPS) is 9.64. The largest absolute Gasteiger partial charge is 0.506 e. The second-order valence-corrected chi connectivity index (χ2v) is 3.11.